The average Bonchev–Trinajstić information content (AvgIpc) is 3.12. The summed E-state index contributed by atoms with van der Waals surface area (Å²) in [5.41, 5.74) is 1.85. The summed E-state index contributed by atoms with van der Waals surface area (Å²) in [5, 5.41) is 9.57. The zero-order valence-electron chi connectivity index (χ0n) is 12.9. The molecule has 0 radical (unpaired) electrons. The fourth-order valence-corrected chi connectivity index (χ4v) is 2.98. The van der Waals surface area contributed by atoms with Crippen LogP contribution in [0.3, 0.4) is 0 Å². The van der Waals surface area contributed by atoms with Gasteiger partial charge < -0.3 is 9.47 Å². The highest BCUT2D eigenvalue weighted by Crippen LogP contribution is 2.26. The average molecular weight is 367 g/mol. The first kappa shape index (κ1) is 16.8. The molecular weight excluding hydrogens is 352 g/mol. The maximum absolute atomic E-state index is 11.8. The van der Waals surface area contributed by atoms with E-state index in [4.69, 9.17) is 21.1 Å². The number of anilines is 1. The van der Waals surface area contributed by atoms with Gasteiger partial charge in [0.2, 0.25) is 4.96 Å². The second-order valence-electron chi connectivity index (χ2n) is 4.85. The van der Waals surface area contributed by atoms with Crippen LogP contribution in [0.4, 0.5) is 5.95 Å². The minimum atomic E-state index is -0.308. The van der Waals surface area contributed by atoms with Crippen LogP contribution in [-0.4, -0.2) is 47.4 Å². The first-order valence-electron chi connectivity index (χ1n) is 7.14. The third-order valence-electron chi connectivity index (χ3n) is 3.14. The Morgan fingerprint density at radius 3 is 2.88 bits per heavy atom. The Hall–Kier alpha value is -2.00. The number of hydrogen-bond acceptors (Lipinski definition) is 6. The number of carbonyl (C=O) groups excluding carboxylic acids is 1. The SMILES string of the molecule is COCCOCC(=O)Nc1nc2scc(-c3ccc(Cl)cc3)n2n1. The Labute approximate surface area is 147 Å². The molecule has 24 heavy (non-hydrogen) atoms. The van der Waals surface area contributed by atoms with Gasteiger partial charge in [-0.3, -0.25) is 10.1 Å². The normalized spacial score (nSPS) is 11.1. The molecule has 1 aromatic carbocycles. The molecule has 3 aromatic rings. The number of hydrogen-bond donors (Lipinski definition) is 1. The van der Waals surface area contributed by atoms with Gasteiger partial charge in [-0.05, 0) is 12.1 Å². The van der Waals surface area contributed by atoms with Crippen molar-refractivity contribution in [2.45, 2.75) is 0 Å². The van der Waals surface area contributed by atoms with Gasteiger partial charge in [-0.15, -0.1) is 16.4 Å². The molecule has 0 saturated carbocycles. The fourth-order valence-electron chi connectivity index (χ4n) is 2.02. The standard InChI is InChI=1S/C15H15ClN4O3S/c1-22-6-7-23-8-13(21)17-14-18-15-20(19-14)12(9-24-15)10-2-4-11(16)5-3-10/h2-5,9H,6-8H2,1H3,(H,17,19,21). The lowest BCUT2D eigenvalue weighted by molar-refractivity contribution is -0.121. The Balaban J connectivity index is 1.70. The van der Waals surface area contributed by atoms with E-state index >= 15 is 0 Å². The fraction of sp³-hybridized carbons (Fsp3) is 0.267. The van der Waals surface area contributed by atoms with Crippen LogP contribution in [0.1, 0.15) is 0 Å². The Bertz CT molecular complexity index is 831. The highest BCUT2D eigenvalue weighted by molar-refractivity contribution is 7.15. The summed E-state index contributed by atoms with van der Waals surface area (Å²) in [7, 11) is 1.57. The van der Waals surface area contributed by atoms with E-state index in [1.807, 2.05) is 29.6 Å². The Kier molecular flexibility index (Phi) is 5.41. The molecule has 7 nitrogen and oxygen atoms in total. The van der Waals surface area contributed by atoms with E-state index in [-0.39, 0.29) is 18.5 Å². The highest BCUT2D eigenvalue weighted by Gasteiger charge is 2.13. The summed E-state index contributed by atoms with van der Waals surface area (Å²) in [6.45, 7) is 0.729. The van der Waals surface area contributed by atoms with Crippen molar-refractivity contribution in [2.75, 3.05) is 32.2 Å². The lowest BCUT2D eigenvalue weighted by Gasteiger charge is -2.02. The van der Waals surface area contributed by atoms with Crippen molar-refractivity contribution in [1.29, 1.82) is 0 Å². The van der Waals surface area contributed by atoms with E-state index in [1.54, 1.807) is 11.6 Å². The largest absolute Gasteiger partial charge is 0.382 e. The molecule has 126 valence electrons. The molecule has 0 bridgehead atoms. The van der Waals surface area contributed by atoms with Crippen molar-refractivity contribution < 1.29 is 14.3 Å². The summed E-state index contributed by atoms with van der Waals surface area (Å²) in [6.07, 6.45) is 0. The van der Waals surface area contributed by atoms with E-state index in [0.717, 1.165) is 11.3 Å². The van der Waals surface area contributed by atoms with Gasteiger partial charge in [0.25, 0.3) is 11.9 Å². The van der Waals surface area contributed by atoms with Gasteiger partial charge >= 0.3 is 0 Å². The molecule has 0 aliphatic rings. The minimum Gasteiger partial charge on any atom is -0.382 e. The molecule has 0 atom stereocenters. The number of rotatable bonds is 7. The molecule has 1 N–H and O–H groups in total. The molecule has 1 amide bonds. The van der Waals surface area contributed by atoms with E-state index in [1.165, 1.54) is 11.3 Å². The van der Waals surface area contributed by atoms with Crippen LogP contribution in [0.2, 0.25) is 5.02 Å². The van der Waals surface area contributed by atoms with Gasteiger partial charge in [0.05, 0.1) is 18.9 Å². The summed E-state index contributed by atoms with van der Waals surface area (Å²) in [5.74, 6) is -0.0604. The second kappa shape index (κ2) is 7.71. The molecular formula is C15H15ClN4O3S. The first-order chi connectivity index (χ1) is 11.7. The number of aromatic nitrogens is 3. The van der Waals surface area contributed by atoms with Gasteiger partial charge in [-0.2, -0.15) is 4.98 Å². The van der Waals surface area contributed by atoms with Crippen LogP contribution in [0, 0.1) is 0 Å². The highest BCUT2D eigenvalue weighted by atomic mass is 35.5. The second-order valence-corrected chi connectivity index (χ2v) is 6.12. The van der Waals surface area contributed by atoms with Crippen LogP contribution in [0.25, 0.3) is 16.2 Å². The molecule has 0 aliphatic carbocycles. The third-order valence-corrected chi connectivity index (χ3v) is 4.21. The number of methoxy groups -OCH3 is 1. The molecule has 2 heterocycles. The molecule has 2 aromatic heterocycles. The Morgan fingerprint density at radius 1 is 1.33 bits per heavy atom. The summed E-state index contributed by atoms with van der Waals surface area (Å²) < 4.78 is 11.7. The topological polar surface area (TPSA) is 77.8 Å². The van der Waals surface area contributed by atoms with Crippen molar-refractivity contribution >= 4 is 39.8 Å². The lowest BCUT2D eigenvalue weighted by atomic mass is 10.2. The monoisotopic (exact) mass is 366 g/mol. The zero-order valence-corrected chi connectivity index (χ0v) is 14.4. The number of amides is 1. The van der Waals surface area contributed by atoms with Crippen LogP contribution < -0.4 is 5.32 Å². The number of fused-ring (bicyclic) bond motifs is 1. The quantitative estimate of drug-likeness (QED) is 0.650. The van der Waals surface area contributed by atoms with E-state index in [9.17, 15) is 4.79 Å². The maximum Gasteiger partial charge on any atom is 0.252 e. The number of halogens is 1. The summed E-state index contributed by atoms with van der Waals surface area (Å²) in [6, 6.07) is 7.45. The van der Waals surface area contributed by atoms with Gasteiger partial charge in [-0.25, -0.2) is 4.52 Å². The molecule has 3 rings (SSSR count). The van der Waals surface area contributed by atoms with Crippen molar-refractivity contribution in [1.82, 2.24) is 14.6 Å². The number of nitrogens with one attached hydrogen (secondary N) is 1. The van der Waals surface area contributed by atoms with Crippen LogP contribution in [0.5, 0.6) is 0 Å². The molecule has 0 fully saturated rings. The minimum absolute atomic E-state index is 0.0692. The molecule has 0 aliphatic heterocycles. The van der Waals surface area contributed by atoms with E-state index < -0.39 is 0 Å². The van der Waals surface area contributed by atoms with Crippen LogP contribution >= 0.6 is 22.9 Å². The number of thiazole rings is 1. The predicted octanol–water partition coefficient (Wildman–Crippen LogP) is 2.71. The van der Waals surface area contributed by atoms with E-state index in [2.05, 4.69) is 15.4 Å². The summed E-state index contributed by atoms with van der Waals surface area (Å²) >= 11 is 7.36. The van der Waals surface area contributed by atoms with Gasteiger partial charge in [0, 0.05) is 23.1 Å². The van der Waals surface area contributed by atoms with Crippen LogP contribution in [0.15, 0.2) is 29.6 Å². The smallest absolute Gasteiger partial charge is 0.252 e. The predicted molar refractivity (Wildman–Crippen MR) is 92.6 cm³/mol. The van der Waals surface area contributed by atoms with Gasteiger partial charge in [0.15, 0.2) is 0 Å². The molecule has 0 spiro atoms. The third kappa shape index (κ3) is 3.90. The number of nitrogens with zero attached hydrogens (tertiary/aromatic N) is 3. The van der Waals surface area contributed by atoms with Crippen molar-refractivity contribution in [3.8, 4) is 11.3 Å². The Morgan fingerprint density at radius 2 is 2.12 bits per heavy atom. The number of benzene rings is 1. The van der Waals surface area contributed by atoms with Crippen molar-refractivity contribution in [2.24, 2.45) is 0 Å². The summed E-state index contributed by atoms with van der Waals surface area (Å²) in [4.78, 5) is 16.8. The van der Waals surface area contributed by atoms with Crippen molar-refractivity contribution in [3.05, 3.63) is 34.7 Å². The number of ether oxygens (including phenoxy) is 2. The van der Waals surface area contributed by atoms with Crippen molar-refractivity contribution in [3.63, 3.8) is 0 Å². The maximum atomic E-state index is 11.8. The molecule has 9 heteroatoms. The van der Waals surface area contributed by atoms with Gasteiger partial charge in [-0.1, -0.05) is 23.7 Å². The van der Waals surface area contributed by atoms with Crippen LogP contribution in [-0.2, 0) is 14.3 Å². The zero-order chi connectivity index (χ0) is 16.9. The first-order valence-corrected chi connectivity index (χ1v) is 8.40. The number of carbonyl (C=O) groups is 1. The van der Waals surface area contributed by atoms with Gasteiger partial charge in [0.1, 0.15) is 6.61 Å². The van der Waals surface area contributed by atoms with E-state index in [0.29, 0.717) is 23.2 Å². The molecule has 0 unspecified atom stereocenters. The molecule has 0 saturated heterocycles. The lowest BCUT2D eigenvalue weighted by Crippen LogP contribution is -2.20.